The van der Waals surface area contributed by atoms with Crippen LogP contribution in [-0.2, 0) is 6.54 Å². The van der Waals surface area contributed by atoms with Crippen LogP contribution >= 0.6 is 11.6 Å². The van der Waals surface area contributed by atoms with Gasteiger partial charge in [-0.05, 0) is 43.2 Å². The Kier molecular flexibility index (Phi) is 3.96. The maximum absolute atomic E-state index is 13.0. The van der Waals surface area contributed by atoms with Crippen LogP contribution in [0.3, 0.4) is 0 Å². The molecule has 2 aromatic carbocycles. The Hall–Kier alpha value is -2.79. The average molecular weight is 369 g/mol. The molecule has 3 aromatic rings. The van der Waals surface area contributed by atoms with Gasteiger partial charge < -0.3 is 14.6 Å². The Morgan fingerprint density at radius 2 is 2.04 bits per heavy atom. The average Bonchev–Trinajstić information content (AvgIpc) is 2.63. The normalized spacial score (nSPS) is 12.7. The number of nitrogens with one attached hydrogen (secondary N) is 1. The number of rotatable bonds is 2. The lowest BCUT2D eigenvalue weighted by Gasteiger charge is -2.22. The third kappa shape index (κ3) is 2.56. The van der Waals surface area contributed by atoms with Crippen molar-refractivity contribution in [3.05, 3.63) is 68.5 Å². The highest BCUT2D eigenvalue weighted by molar-refractivity contribution is 6.35. The molecule has 1 N–H and O–H groups in total. The van der Waals surface area contributed by atoms with E-state index in [1.807, 2.05) is 36.6 Å². The number of pyridine rings is 1. The molecule has 5 nitrogen and oxygen atoms in total. The van der Waals surface area contributed by atoms with Crippen molar-refractivity contribution in [3.8, 4) is 5.75 Å². The Morgan fingerprint density at radius 3 is 2.85 bits per heavy atom. The number of halogens is 1. The van der Waals surface area contributed by atoms with Crippen molar-refractivity contribution in [1.82, 2.24) is 4.57 Å². The zero-order valence-electron chi connectivity index (χ0n) is 14.4. The SMILES string of the molecule is Cc1cccc(NC(=O)c2cn3c4c(ccc(Cl)c4c2=O)OCC3)c1C. The van der Waals surface area contributed by atoms with Crippen molar-refractivity contribution in [2.24, 2.45) is 0 Å². The molecule has 0 fully saturated rings. The second kappa shape index (κ2) is 6.18. The summed E-state index contributed by atoms with van der Waals surface area (Å²) in [5.74, 6) is 0.163. The molecule has 2 heterocycles. The first-order valence-corrected chi connectivity index (χ1v) is 8.71. The van der Waals surface area contributed by atoms with Gasteiger partial charge in [-0.25, -0.2) is 0 Å². The number of nitrogens with zero attached hydrogens (tertiary/aromatic N) is 1. The predicted octanol–water partition coefficient (Wildman–Crippen LogP) is 3.92. The molecule has 1 amide bonds. The molecule has 1 aliphatic heterocycles. The molecule has 132 valence electrons. The maximum Gasteiger partial charge on any atom is 0.261 e. The lowest BCUT2D eigenvalue weighted by molar-refractivity contribution is 0.102. The molecule has 0 saturated carbocycles. The van der Waals surface area contributed by atoms with Crippen LogP contribution in [0.2, 0.25) is 5.02 Å². The fourth-order valence-electron chi connectivity index (χ4n) is 3.25. The number of carbonyl (C=O) groups is 1. The van der Waals surface area contributed by atoms with E-state index in [-0.39, 0.29) is 5.56 Å². The minimum absolute atomic E-state index is 0.0688. The van der Waals surface area contributed by atoms with Gasteiger partial charge in [-0.3, -0.25) is 9.59 Å². The summed E-state index contributed by atoms with van der Waals surface area (Å²) in [6.45, 7) is 4.93. The summed E-state index contributed by atoms with van der Waals surface area (Å²) in [6.07, 6.45) is 1.59. The van der Waals surface area contributed by atoms with Gasteiger partial charge in [-0.15, -0.1) is 0 Å². The van der Waals surface area contributed by atoms with Gasteiger partial charge in [0, 0.05) is 11.9 Å². The van der Waals surface area contributed by atoms with Crippen molar-refractivity contribution < 1.29 is 9.53 Å². The van der Waals surface area contributed by atoms with E-state index < -0.39 is 11.3 Å². The molecule has 1 aliphatic rings. The second-order valence-electron chi connectivity index (χ2n) is 6.38. The number of aryl methyl sites for hydroxylation is 1. The van der Waals surface area contributed by atoms with Gasteiger partial charge in [0.05, 0.1) is 22.5 Å². The van der Waals surface area contributed by atoms with Gasteiger partial charge >= 0.3 is 0 Å². The molecule has 0 radical (unpaired) electrons. The van der Waals surface area contributed by atoms with Gasteiger partial charge in [-0.2, -0.15) is 0 Å². The van der Waals surface area contributed by atoms with Crippen molar-refractivity contribution in [3.63, 3.8) is 0 Å². The smallest absolute Gasteiger partial charge is 0.261 e. The fourth-order valence-corrected chi connectivity index (χ4v) is 3.49. The lowest BCUT2D eigenvalue weighted by Crippen LogP contribution is -2.27. The van der Waals surface area contributed by atoms with Crippen molar-refractivity contribution in [1.29, 1.82) is 0 Å². The molecule has 4 rings (SSSR count). The minimum Gasteiger partial charge on any atom is -0.490 e. The fraction of sp³-hybridized carbons (Fsp3) is 0.200. The van der Waals surface area contributed by atoms with E-state index >= 15 is 0 Å². The Bertz CT molecular complexity index is 1120. The van der Waals surface area contributed by atoms with Crippen LogP contribution in [0.25, 0.3) is 10.9 Å². The van der Waals surface area contributed by atoms with E-state index in [2.05, 4.69) is 5.32 Å². The van der Waals surface area contributed by atoms with Crippen molar-refractivity contribution >= 4 is 34.1 Å². The summed E-state index contributed by atoms with van der Waals surface area (Å²) >= 11 is 6.27. The summed E-state index contributed by atoms with van der Waals surface area (Å²) in [5, 5.41) is 3.48. The molecular formula is C20H17ClN2O3. The molecular weight excluding hydrogens is 352 g/mol. The summed E-state index contributed by atoms with van der Waals surface area (Å²) in [6, 6.07) is 9.04. The standard InChI is InChI=1S/C20H17ClN2O3/c1-11-4-3-5-15(12(11)2)22-20(25)13-10-23-8-9-26-16-7-6-14(21)17(18(16)23)19(13)24/h3-7,10H,8-9H2,1-2H3,(H,22,25). The molecule has 6 heteroatoms. The van der Waals surface area contributed by atoms with E-state index in [1.165, 1.54) is 0 Å². The van der Waals surface area contributed by atoms with Crippen molar-refractivity contribution in [2.75, 3.05) is 11.9 Å². The zero-order valence-corrected chi connectivity index (χ0v) is 15.2. The quantitative estimate of drug-likeness (QED) is 0.745. The molecule has 26 heavy (non-hydrogen) atoms. The highest BCUT2D eigenvalue weighted by Gasteiger charge is 2.22. The van der Waals surface area contributed by atoms with Gasteiger partial charge in [-0.1, -0.05) is 23.7 Å². The Labute approximate surface area is 155 Å². The first kappa shape index (κ1) is 16.7. The van der Waals surface area contributed by atoms with Gasteiger partial charge in [0.1, 0.15) is 17.9 Å². The number of ether oxygens (including phenoxy) is 1. The third-order valence-electron chi connectivity index (χ3n) is 4.82. The number of carbonyl (C=O) groups excluding carboxylic acids is 1. The highest BCUT2D eigenvalue weighted by Crippen LogP contribution is 2.32. The van der Waals surface area contributed by atoms with Crippen LogP contribution in [0.5, 0.6) is 5.75 Å². The summed E-state index contributed by atoms with van der Waals surface area (Å²) < 4.78 is 7.47. The first-order chi connectivity index (χ1) is 12.5. The number of hydrogen-bond donors (Lipinski definition) is 1. The molecule has 1 aromatic heterocycles. The van der Waals surface area contributed by atoms with E-state index in [4.69, 9.17) is 16.3 Å². The van der Waals surface area contributed by atoms with Crippen molar-refractivity contribution in [2.45, 2.75) is 20.4 Å². The maximum atomic E-state index is 13.0. The number of amides is 1. The number of aromatic nitrogens is 1. The molecule has 0 atom stereocenters. The number of hydrogen-bond acceptors (Lipinski definition) is 3. The first-order valence-electron chi connectivity index (χ1n) is 8.33. The molecule has 0 saturated heterocycles. The second-order valence-corrected chi connectivity index (χ2v) is 6.79. The van der Waals surface area contributed by atoms with Crippen LogP contribution in [0, 0.1) is 13.8 Å². The molecule has 0 aliphatic carbocycles. The van der Waals surface area contributed by atoms with Gasteiger partial charge in [0.25, 0.3) is 5.91 Å². The summed E-state index contributed by atoms with van der Waals surface area (Å²) in [4.78, 5) is 25.8. The highest BCUT2D eigenvalue weighted by atomic mass is 35.5. The van der Waals surface area contributed by atoms with E-state index in [9.17, 15) is 9.59 Å². The molecule has 0 spiro atoms. The van der Waals surface area contributed by atoms with Crippen LogP contribution in [0.15, 0.2) is 41.3 Å². The summed E-state index contributed by atoms with van der Waals surface area (Å²) in [7, 11) is 0. The van der Waals surface area contributed by atoms with E-state index in [0.717, 1.165) is 11.1 Å². The van der Waals surface area contributed by atoms with Crippen LogP contribution in [-0.4, -0.2) is 17.1 Å². The van der Waals surface area contributed by atoms with E-state index in [1.54, 1.807) is 18.3 Å². The number of benzene rings is 2. The Morgan fingerprint density at radius 1 is 1.23 bits per heavy atom. The largest absolute Gasteiger partial charge is 0.490 e. The third-order valence-corrected chi connectivity index (χ3v) is 5.14. The van der Waals surface area contributed by atoms with Gasteiger partial charge in [0.2, 0.25) is 5.43 Å². The van der Waals surface area contributed by atoms with Crippen LogP contribution < -0.4 is 15.5 Å². The summed E-state index contributed by atoms with van der Waals surface area (Å²) in [5.41, 5.74) is 3.04. The Balaban J connectivity index is 1.86. The predicted molar refractivity (Wildman–Crippen MR) is 103 cm³/mol. The van der Waals surface area contributed by atoms with Gasteiger partial charge in [0.15, 0.2) is 0 Å². The lowest BCUT2D eigenvalue weighted by atomic mass is 10.1. The minimum atomic E-state index is -0.442. The molecule has 0 unspecified atom stereocenters. The van der Waals surface area contributed by atoms with Crippen LogP contribution in [0.4, 0.5) is 5.69 Å². The zero-order chi connectivity index (χ0) is 18.4. The molecule has 0 bridgehead atoms. The topological polar surface area (TPSA) is 60.3 Å². The monoisotopic (exact) mass is 368 g/mol. The van der Waals surface area contributed by atoms with Crippen LogP contribution in [0.1, 0.15) is 21.5 Å². The number of anilines is 1. The van der Waals surface area contributed by atoms with E-state index in [0.29, 0.717) is 40.5 Å².